The maximum absolute atomic E-state index is 12.8. The highest BCUT2D eigenvalue weighted by atomic mass is 16.6. The summed E-state index contributed by atoms with van der Waals surface area (Å²) in [6.45, 7) is 1.98. The molecule has 1 atom stereocenters. The van der Waals surface area contributed by atoms with E-state index in [4.69, 9.17) is 4.74 Å². The predicted octanol–water partition coefficient (Wildman–Crippen LogP) is 4.33. The van der Waals surface area contributed by atoms with Gasteiger partial charge in [-0.25, -0.2) is 4.79 Å². The highest BCUT2D eigenvalue weighted by Gasteiger charge is 2.22. The number of benzene rings is 3. The van der Waals surface area contributed by atoms with Crippen molar-refractivity contribution in [2.24, 2.45) is 0 Å². The first-order valence-corrected chi connectivity index (χ1v) is 9.05. The lowest BCUT2D eigenvalue weighted by atomic mass is 10.1. The number of hydrogen-bond donors (Lipinski definition) is 2. The van der Waals surface area contributed by atoms with E-state index in [2.05, 4.69) is 10.6 Å². The molecule has 5 nitrogen and oxygen atoms in total. The van der Waals surface area contributed by atoms with Crippen molar-refractivity contribution in [1.29, 1.82) is 0 Å². The van der Waals surface area contributed by atoms with Gasteiger partial charge in [-0.05, 0) is 36.8 Å². The summed E-state index contributed by atoms with van der Waals surface area (Å²) < 4.78 is 5.27. The minimum Gasteiger partial charge on any atom is -0.410 e. The standard InChI is InChI=1S/C23H22N2O3/c1-17-12-14-19(15-13-17)24-22(26)21(16-18-8-4-2-5-9-18)25-23(27)28-20-10-6-3-7-11-20/h2-15,21H,16H2,1H3,(H,24,26)(H,25,27)/t21-/m0/s1. The summed E-state index contributed by atoms with van der Waals surface area (Å²) in [4.78, 5) is 25.1. The number of hydrogen-bond acceptors (Lipinski definition) is 3. The van der Waals surface area contributed by atoms with Gasteiger partial charge in [0.05, 0.1) is 0 Å². The Balaban J connectivity index is 1.71. The van der Waals surface area contributed by atoms with Crippen LogP contribution >= 0.6 is 0 Å². The summed E-state index contributed by atoms with van der Waals surface area (Å²) in [6, 6.07) is 25.0. The highest BCUT2D eigenvalue weighted by molar-refractivity contribution is 5.96. The van der Waals surface area contributed by atoms with Crippen LogP contribution in [0.2, 0.25) is 0 Å². The number of nitrogens with one attached hydrogen (secondary N) is 2. The third-order valence-corrected chi connectivity index (χ3v) is 4.16. The van der Waals surface area contributed by atoms with Gasteiger partial charge in [0.2, 0.25) is 5.91 Å². The van der Waals surface area contributed by atoms with E-state index in [1.807, 2.05) is 67.6 Å². The Hall–Kier alpha value is -3.60. The lowest BCUT2D eigenvalue weighted by Crippen LogP contribution is -2.46. The zero-order valence-corrected chi connectivity index (χ0v) is 15.6. The Labute approximate surface area is 164 Å². The topological polar surface area (TPSA) is 67.4 Å². The average molecular weight is 374 g/mol. The molecule has 0 aliphatic heterocycles. The minimum absolute atomic E-state index is 0.308. The van der Waals surface area contributed by atoms with Gasteiger partial charge in [0.25, 0.3) is 0 Å². The molecule has 0 aliphatic carbocycles. The van der Waals surface area contributed by atoms with Crippen molar-refractivity contribution in [2.45, 2.75) is 19.4 Å². The first kappa shape index (κ1) is 19.2. The molecule has 2 amide bonds. The maximum atomic E-state index is 12.8. The van der Waals surface area contributed by atoms with Crippen LogP contribution in [0.4, 0.5) is 10.5 Å². The Kier molecular flexibility index (Phi) is 6.41. The normalized spacial score (nSPS) is 11.3. The summed E-state index contributed by atoms with van der Waals surface area (Å²) in [5, 5.41) is 5.52. The molecule has 2 N–H and O–H groups in total. The van der Waals surface area contributed by atoms with Gasteiger partial charge >= 0.3 is 6.09 Å². The third-order valence-electron chi connectivity index (χ3n) is 4.16. The van der Waals surface area contributed by atoms with Crippen LogP contribution in [-0.4, -0.2) is 18.0 Å². The number of ether oxygens (including phenoxy) is 1. The lowest BCUT2D eigenvalue weighted by molar-refractivity contribution is -0.118. The number of anilines is 1. The van der Waals surface area contributed by atoms with Crippen molar-refractivity contribution < 1.29 is 14.3 Å². The number of para-hydroxylation sites is 1. The molecule has 3 aromatic carbocycles. The molecule has 0 saturated heterocycles. The van der Waals surface area contributed by atoms with Crippen molar-refractivity contribution >= 4 is 17.7 Å². The predicted molar refractivity (Wildman–Crippen MR) is 109 cm³/mol. The van der Waals surface area contributed by atoms with Crippen LogP contribution in [0.3, 0.4) is 0 Å². The number of amides is 2. The second-order valence-electron chi connectivity index (χ2n) is 6.44. The van der Waals surface area contributed by atoms with Gasteiger partial charge in [-0.3, -0.25) is 4.79 Å². The van der Waals surface area contributed by atoms with E-state index in [1.165, 1.54) is 0 Å². The maximum Gasteiger partial charge on any atom is 0.413 e. The number of carbonyl (C=O) groups is 2. The molecule has 0 spiro atoms. The van der Waals surface area contributed by atoms with Crippen molar-refractivity contribution in [2.75, 3.05) is 5.32 Å². The lowest BCUT2D eigenvalue weighted by Gasteiger charge is -2.18. The van der Waals surface area contributed by atoms with Crippen LogP contribution in [0.1, 0.15) is 11.1 Å². The van der Waals surface area contributed by atoms with Crippen molar-refractivity contribution in [1.82, 2.24) is 5.32 Å². The monoisotopic (exact) mass is 374 g/mol. The van der Waals surface area contributed by atoms with Gasteiger partial charge in [0.1, 0.15) is 11.8 Å². The molecular weight excluding hydrogens is 352 g/mol. The van der Waals surface area contributed by atoms with E-state index in [1.54, 1.807) is 24.3 Å². The molecule has 3 rings (SSSR count). The summed E-state index contributed by atoms with van der Waals surface area (Å²) in [7, 11) is 0. The van der Waals surface area contributed by atoms with Crippen LogP contribution in [0.15, 0.2) is 84.9 Å². The molecule has 0 saturated carbocycles. The zero-order valence-electron chi connectivity index (χ0n) is 15.6. The van der Waals surface area contributed by atoms with Gasteiger partial charge < -0.3 is 15.4 Å². The zero-order chi connectivity index (χ0) is 19.8. The Morgan fingerprint density at radius 3 is 2.11 bits per heavy atom. The molecule has 0 radical (unpaired) electrons. The van der Waals surface area contributed by atoms with Crippen LogP contribution < -0.4 is 15.4 Å². The summed E-state index contributed by atoms with van der Waals surface area (Å²) in [6.07, 6.45) is -0.325. The fourth-order valence-electron chi connectivity index (χ4n) is 2.69. The minimum atomic E-state index is -0.778. The summed E-state index contributed by atoms with van der Waals surface area (Å²) in [5.74, 6) is 0.107. The van der Waals surface area contributed by atoms with E-state index in [-0.39, 0.29) is 5.91 Å². The Morgan fingerprint density at radius 1 is 0.857 bits per heavy atom. The third kappa shape index (κ3) is 5.71. The Morgan fingerprint density at radius 2 is 1.46 bits per heavy atom. The molecule has 0 heterocycles. The second-order valence-corrected chi connectivity index (χ2v) is 6.44. The van der Waals surface area contributed by atoms with Crippen LogP contribution in [-0.2, 0) is 11.2 Å². The van der Waals surface area contributed by atoms with Gasteiger partial charge in [0, 0.05) is 12.1 Å². The van der Waals surface area contributed by atoms with Gasteiger partial charge in [0.15, 0.2) is 0 Å². The molecule has 28 heavy (non-hydrogen) atoms. The van der Waals surface area contributed by atoms with E-state index >= 15 is 0 Å². The molecule has 3 aromatic rings. The molecule has 0 bridgehead atoms. The summed E-state index contributed by atoms with van der Waals surface area (Å²) >= 11 is 0. The van der Waals surface area contributed by atoms with Gasteiger partial charge in [-0.2, -0.15) is 0 Å². The molecule has 142 valence electrons. The average Bonchev–Trinajstić information content (AvgIpc) is 2.71. The largest absolute Gasteiger partial charge is 0.413 e. The number of aryl methyl sites for hydroxylation is 1. The van der Waals surface area contributed by atoms with Crippen molar-refractivity contribution in [3.8, 4) is 5.75 Å². The van der Waals surface area contributed by atoms with Gasteiger partial charge in [-0.15, -0.1) is 0 Å². The van der Waals surface area contributed by atoms with Crippen molar-refractivity contribution in [3.05, 3.63) is 96.1 Å². The molecular formula is C23H22N2O3. The van der Waals surface area contributed by atoms with E-state index in [9.17, 15) is 9.59 Å². The fraction of sp³-hybridized carbons (Fsp3) is 0.130. The van der Waals surface area contributed by atoms with Crippen molar-refractivity contribution in [3.63, 3.8) is 0 Å². The molecule has 5 heteroatoms. The first-order valence-electron chi connectivity index (χ1n) is 9.05. The number of rotatable bonds is 6. The fourth-order valence-corrected chi connectivity index (χ4v) is 2.69. The van der Waals surface area contributed by atoms with Crippen LogP contribution in [0, 0.1) is 6.92 Å². The first-order chi connectivity index (χ1) is 13.6. The molecule has 0 aromatic heterocycles. The summed E-state index contributed by atoms with van der Waals surface area (Å²) in [5.41, 5.74) is 2.71. The van der Waals surface area contributed by atoms with Gasteiger partial charge in [-0.1, -0.05) is 66.2 Å². The molecule has 0 aliphatic rings. The Bertz CT molecular complexity index is 910. The molecule has 0 fully saturated rings. The van der Waals surface area contributed by atoms with Crippen LogP contribution in [0.25, 0.3) is 0 Å². The van der Waals surface area contributed by atoms with E-state index in [0.29, 0.717) is 17.9 Å². The highest BCUT2D eigenvalue weighted by Crippen LogP contribution is 2.12. The van der Waals surface area contributed by atoms with E-state index in [0.717, 1.165) is 11.1 Å². The van der Waals surface area contributed by atoms with E-state index < -0.39 is 12.1 Å². The number of carbonyl (C=O) groups excluding carboxylic acids is 2. The SMILES string of the molecule is Cc1ccc(NC(=O)[C@H](Cc2ccccc2)NC(=O)Oc2ccccc2)cc1. The smallest absolute Gasteiger partial charge is 0.410 e. The quantitative estimate of drug-likeness (QED) is 0.675. The molecule has 0 unspecified atom stereocenters. The second kappa shape index (κ2) is 9.37. The van der Waals surface area contributed by atoms with Crippen LogP contribution in [0.5, 0.6) is 5.75 Å².